The fraction of sp³-hybridized carbons (Fsp3) is 0.333. The minimum atomic E-state index is -1.12. The summed E-state index contributed by atoms with van der Waals surface area (Å²) in [6.45, 7) is 3.74. The molecule has 146 valence electrons. The molecule has 2 aromatic rings. The average molecular weight is 374 g/mol. The van der Waals surface area contributed by atoms with Gasteiger partial charge in [-0.25, -0.2) is 9.59 Å². The molecule has 1 unspecified atom stereocenters. The second-order valence-electron chi connectivity index (χ2n) is 6.31. The van der Waals surface area contributed by atoms with Crippen molar-refractivity contribution >= 4 is 11.9 Å². The number of carbonyl (C=O) groups is 2. The van der Waals surface area contributed by atoms with Crippen LogP contribution in [0.2, 0.25) is 0 Å². The number of phenolic OH excluding ortho intramolecular Hbond substituents is 1. The van der Waals surface area contributed by atoms with Gasteiger partial charge in [0.25, 0.3) is 0 Å². The average Bonchev–Trinajstić information content (AvgIpc) is 2.62. The number of unbranched alkanes of at least 4 members (excludes halogenated alkanes) is 1. The maximum absolute atomic E-state index is 10.6. The number of aliphatic hydroxyl groups is 1. The Bertz CT molecular complexity index is 752. The van der Waals surface area contributed by atoms with E-state index in [9.17, 15) is 14.7 Å². The van der Waals surface area contributed by atoms with E-state index in [0.717, 1.165) is 30.9 Å². The molecule has 2 aromatic carbocycles. The number of phenols is 1. The lowest BCUT2D eigenvalue weighted by molar-refractivity contribution is 0.0695. The van der Waals surface area contributed by atoms with E-state index in [1.54, 1.807) is 19.1 Å². The van der Waals surface area contributed by atoms with Crippen LogP contribution in [-0.4, -0.2) is 38.5 Å². The standard InChI is InChI=1S/C12H18O2.C9H8O4/c1-2-3-4-12(14)9-10-5-7-11(13)8-6-10;1-5-2-3-6(8(10)11)4-7(5)9(12)13/h5-8,12-14H,2-4,9H2,1H3;2-4H,1H3,(H,10,11)(H,12,13). The van der Waals surface area contributed by atoms with Gasteiger partial charge in [-0.15, -0.1) is 0 Å². The second-order valence-corrected chi connectivity index (χ2v) is 6.31. The van der Waals surface area contributed by atoms with Crippen LogP contribution < -0.4 is 0 Å². The molecule has 4 N–H and O–H groups in total. The highest BCUT2D eigenvalue weighted by atomic mass is 16.4. The van der Waals surface area contributed by atoms with E-state index < -0.39 is 11.9 Å². The molecule has 0 saturated carbocycles. The Balaban J connectivity index is 0.000000271. The largest absolute Gasteiger partial charge is 0.508 e. The van der Waals surface area contributed by atoms with E-state index in [1.165, 1.54) is 12.1 Å². The lowest BCUT2D eigenvalue weighted by atomic mass is 10.0. The third kappa shape index (κ3) is 7.92. The first-order chi connectivity index (χ1) is 12.7. The number of benzene rings is 2. The molecule has 0 heterocycles. The molecule has 2 rings (SSSR count). The summed E-state index contributed by atoms with van der Waals surface area (Å²) in [5, 5.41) is 36.0. The fourth-order valence-electron chi connectivity index (χ4n) is 2.43. The Morgan fingerprint density at radius 3 is 2.15 bits per heavy atom. The molecule has 1 atom stereocenters. The molecule has 0 aliphatic rings. The SMILES string of the molecule is CCCCC(O)Cc1ccc(O)cc1.Cc1ccc(C(=O)O)cc1C(=O)O. The summed E-state index contributed by atoms with van der Waals surface area (Å²) >= 11 is 0. The number of aryl methyl sites for hydroxylation is 1. The molecule has 6 heteroatoms. The van der Waals surface area contributed by atoms with Gasteiger partial charge in [-0.05, 0) is 55.2 Å². The van der Waals surface area contributed by atoms with Gasteiger partial charge in [-0.1, -0.05) is 38.0 Å². The normalized spacial score (nSPS) is 11.2. The van der Waals surface area contributed by atoms with Crippen molar-refractivity contribution < 1.29 is 30.0 Å². The number of carboxylic acids is 2. The summed E-state index contributed by atoms with van der Waals surface area (Å²) in [7, 11) is 0. The first-order valence-corrected chi connectivity index (χ1v) is 8.77. The summed E-state index contributed by atoms with van der Waals surface area (Å²) in [6.07, 6.45) is 3.48. The number of aromatic carboxylic acids is 2. The molecule has 0 aliphatic heterocycles. The van der Waals surface area contributed by atoms with E-state index in [2.05, 4.69) is 6.92 Å². The van der Waals surface area contributed by atoms with Crippen molar-refractivity contribution in [2.24, 2.45) is 0 Å². The Labute approximate surface area is 158 Å². The highest BCUT2D eigenvalue weighted by Crippen LogP contribution is 2.13. The summed E-state index contributed by atoms with van der Waals surface area (Å²) in [5.41, 5.74) is 1.65. The van der Waals surface area contributed by atoms with Gasteiger partial charge in [-0.3, -0.25) is 0 Å². The van der Waals surface area contributed by atoms with Crippen molar-refractivity contribution in [3.05, 3.63) is 64.7 Å². The van der Waals surface area contributed by atoms with Crippen LogP contribution in [0.5, 0.6) is 5.75 Å². The minimum Gasteiger partial charge on any atom is -0.508 e. The first-order valence-electron chi connectivity index (χ1n) is 8.77. The van der Waals surface area contributed by atoms with Gasteiger partial charge in [0.1, 0.15) is 5.75 Å². The molecular weight excluding hydrogens is 348 g/mol. The quantitative estimate of drug-likeness (QED) is 0.585. The third-order valence-corrected chi connectivity index (χ3v) is 4.01. The number of rotatable bonds is 7. The summed E-state index contributed by atoms with van der Waals surface area (Å²) in [5.74, 6) is -1.96. The van der Waals surface area contributed by atoms with Crippen LogP contribution in [0, 0.1) is 6.92 Å². The maximum Gasteiger partial charge on any atom is 0.335 e. The molecule has 0 amide bonds. The molecule has 0 aromatic heterocycles. The Hall–Kier alpha value is -2.86. The third-order valence-electron chi connectivity index (χ3n) is 4.01. The lowest BCUT2D eigenvalue weighted by Gasteiger charge is -2.09. The molecule has 27 heavy (non-hydrogen) atoms. The zero-order valence-electron chi connectivity index (χ0n) is 15.6. The van der Waals surface area contributed by atoms with Crippen LogP contribution in [0.4, 0.5) is 0 Å². The first kappa shape index (κ1) is 22.2. The molecule has 0 aliphatic carbocycles. The van der Waals surface area contributed by atoms with Crippen molar-refractivity contribution in [1.82, 2.24) is 0 Å². The smallest absolute Gasteiger partial charge is 0.335 e. The van der Waals surface area contributed by atoms with E-state index in [-0.39, 0.29) is 23.0 Å². The monoisotopic (exact) mass is 374 g/mol. The minimum absolute atomic E-state index is 0.0111. The Morgan fingerprint density at radius 1 is 1.00 bits per heavy atom. The molecule has 6 nitrogen and oxygen atoms in total. The van der Waals surface area contributed by atoms with E-state index >= 15 is 0 Å². The van der Waals surface area contributed by atoms with Gasteiger partial charge in [0.05, 0.1) is 17.2 Å². The highest BCUT2D eigenvalue weighted by Gasteiger charge is 2.10. The number of hydrogen-bond acceptors (Lipinski definition) is 4. The Kier molecular flexibility index (Phi) is 9.02. The highest BCUT2D eigenvalue weighted by molar-refractivity contribution is 5.94. The molecule has 0 spiro atoms. The second kappa shape index (κ2) is 11.0. The van der Waals surface area contributed by atoms with Crippen molar-refractivity contribution in [2.45, 2.75) is 45.6 Å². The van der Waals surface area contributed by atoms with Gasteiger partial charge >= 0.3 is 11.9 Å². The summed E-state index contributed by atoms with van der Waals surface area (Å²) in [6, 6.07) is 11.0. The fourth-order valence-corrected chi connectivity index (χ4v) is 2.43. The van der Waals surface area contributed by atoms with Gasteiger partial charge in [0.15, 0.2) is 0 Å². The van der Waals surface area contributed by atoms with Gasteiger partial charge < -0.3 is 20.4 Å². The lowest BCUT2D eigenvalue weighted by Crippen LogP contribution is -2.09. The van der Waals surface area contributed by atoms with Crippen molar-refractivity contribution in [3.63, 3.8) is 0 Å². The molecule has 0 fully saturated rings. The van der Waals surface area contributed by atoms with Gasteiger partial charge in [0, 0.05) is 0 Å². The number of carboxylic acid groups (broad SMARTS) is 2. The molecule has 0 bridgehead atoms. The number of hydrogen-bond donors (Lipinski definition) is 4. The van der Waals surface area contributed by atoms with Crippen molar-refractivity contribution in [2.75, 3.05) is 0 Å². The van der Waals surface area contributed by atoms with E-state index in [1.807, 2.05) is 12.1 Å². The summed E-state index contributed by atoms with van der Waals surface area (Å²) < 4.78 is 0. The van der Waals surface area contributed by atoms with Crippen molar-refractivity contribution in [1.29, 1.82) is 0 Å². The predicted molar refractivity (Wildman–Crippen MR) is 102 cm³/mol. The summed E-state index contributed by atoms with van der Waals surface area (Å²) in [4.78, 5) is 21.1. The maximum atomic E-state index is 10.6. The molecule has 0 saturated heterocycles. The number of aromatic hydroxyl groups is 1. The van der Waals surface area contributed by atoms with Gasteiger partial charge in [0.2, 0.25) is 0 Å². The topological polar surface area (TPSA) is 115 Å². The van der Waals surface area contributed by atoms with Crippen LogP contribution in [-0.2, 0) is 6.42 Å². The van der Waals surface area contributed by atoms with Crippen LogP contribution in [0.25, 0.3) is 0 Å². The zero-order chi connectivity index (χ0) is 20.4. The van der Waals surface area contributed by atoms with Gasteiger partial charge in [-0.2, -0.15) is 0 Å². The van der Waals surface area contributed by atoms with Crippen LogP contribution in [0.15, 0.2) is 42.5 Å². The number of aliphatic hydroxyl groups excluding tert-OH is 1. The molecular formula is C21H26O6. The van der Waals surface area contributed by atoms with Crippen LogP contribution in [0.3, 0.4) is 0 Å². The van der Waals surface area contributed by atoms with Crippen LogP contribution in [0.1, 0.15) is 58.0 Å². The zero-order valence-corrected chi connectivity index (χ0v) is 15.6. The molecule has 0 radical (unpaired) electrons. The van der Waals surface area contributed by atoms with E-state index in [4.69, 9.17) is 15.3 Å². The van der Waals surface area contributed by atoms with E-state index in [0.29, 0.717) is 12.0 Å². The Morgan fingerprint density at radius 2 is 1.63 bits per heavy atom. The predicted octanol–water partition coefficient (Wildman–Crippen LogP) is 3.88. The van der Waals surface area contributed by atoms with Crippen molar-refractivity contribution in [3.8, 4) is 5.75 Å². The van der Waals surface area contributed by atoms with Crippen LogP contribution >= 0.6 is 0 Å².